The second-order valence-corrected chi connectivity index (χ2v) is 8.33. The zero-order valence-electron chi connectivity index (χ0n) is 11.9. The Morgan fingerprint density at radius 1 is 1.00 bits per heavy atom. The Morgan fingerprint density at radius 3 is 1.96 bits per heavy atom. The molecule has 0 heterocycles. The molecule has 2 N–H and O–H groups in total. The molecule has 0 radical (unpaired) electrons. The predicted octanol–water partition coefficient (Wildman–Crippen LogP) is 3.62. The van der Waals surface area contributed by atoms with Gasteiger partial charge in [0.05, 0.1) is 3.57 Å². The molecule has 13 heteroatoms. The minimum absolute atomic E-state index is 0.182. The summed E-state index contributed by atoms with van der Waals surface area (Å²) in [7, 11) is -5.64. The van der Waals surface area contributed by atoms with E-state index < -0.39 is 61.3 Å². The molecule has 0 aliphatic rings. The highest BCUT2D eigenvalue weighted by Gasteiger charge is 2.34. The fraction of sp³-hybridized carbons (Fsp3) is 0. The maximum absolute atomic E-state index is 13.9. The summed E-state index contributed by atoms with van der Waals surface area (Å²) in [5.74, 6) is -13.7. The van der Waals surface area contributed by atoms with Gasteiger partial charge in [0, 0.05) is 3.57 Å². The number of hydrogen-bond acceptors (Lipinski definition) is 5. The van der Waals surface area contributed by atoms with Crippen molar-refractivity contribution < 1.29 is 45.2 Å². The largest absolute Gasteiger partial charge is 0.506 e. The van der Waals surface area contributed by atoms with Gasteiger partial charge in [-0.2, -0.15) is 17.2 Å². The molecule has 0 aliphatic heterocycles. The third-order valence-corrected chi connectivity index (χ3v) is 5.20. The molecule has 0 amide bonds. The number of carbonyl (C=O) groups excluding carboxylic acids is 1. The van der Waals surface area contributed by atoms with Crippen LogP contribution in [0.3, 0.4) is 0 Å². The molecular formula is C13H4F4I2O6S. The average molecular weight is 618 g/mol. The van der Waals surface area contributed by atoms with Gasteiger partial charge in [-0.05, 0) is 57.3 Å². The number of carbonyl (C=O) groups is 1. The molecule has 0 saturated heterocycles. The standard InChI is InChI=1S/C13H4F4I2O6S/c14-6-8(16)12(26(22,23)24)9(17)7(15)11(6)25-13(21)4-1-3(18)2-5(19)10(4)20/h1-2,20H,(H,22,23,24). The molecule has 0 aromatic heterocycles. The molecule has 6 nitrogen and oxygen atoms in total. The SMILES string of the molecule is O=C(Oc1c(F)c(F)c(S(=O)(=O)O)c(F)c1F)c1cc(I)cc(I)c1O. The molecule has 0 spiro atoms. The highest BCUT2D eigenvalue weighted by molar-refractivity contribution is 14.1. The summed E-state index contributed by atoms with van der Waals surface area (Å²) in [4.78, 5) is 9.75. The summed E-state index contributed by atoms with van der Waals surface area (Å²) in [6.07, 6.45) is 0. The van der Waals surface area contributed by atoms with Crippen molar-refractivity contribution in [3.63, 3.8) is 0 Å². The summed E-state index contributed by atoms with van der Waals surface area (Å²) in [6, 6.07) is 2.53. The fourth-order valence-corrected chi connectivity index (χ4v) is 4.25. The maximum atomic E-state index is 13.9. The van der Waals surface area contributed by atoms with Gasteiger partial charge in [0.15, 0.2) is 16.5 Å². The molecule has 0 unspecified atom stereocenters. The summed E-state index contributed by atoms with van der Waals surface area (Å²) < 4.78 is 90.4. The van der Waals surface area contributed by atoms with Crippen molar-refractivity contribution in [2.45, 2.75) is 4.90 Å². The van der Waals surface area contributed by atoms with Crippen molar-refractivity contribution in [3.05, 3.63) is 48.1 Å². The van der Waals surface area contributed by atoms with E-state index in [-0.39, 0.29) is 3.57 Å². The first-order valence-electron chi connectivity index (χ1n) is 6.09. The first kappa shape index (κ1) is 21.1. The molecule has 0 aliphatic carbocycles. The molecule has 0 fully saturated rings. The van der Waals surface area contributed by atoms with Crippen LogP contribution < -0.4 is 4.74 Å². The first-order valence-corrected chi connectivity index (χ1v) is 9.69. The van der Waals surface area contributed by atoms with E-state index in [0.717, 1.165) is 6.07 Å². The second-order valence-electron chi connectivity index (χ2n) is 4.56. The smallest absolute Gasteiger partial charge is 0.347 e. The van der Waals surface area contributed by atoms with Gasteiger partial charge in [-0.1, -0.05) is 0 Å². The van der Waals surface area contributed by atoms with E-state index in [9.17, 15) is 35.9 Å². The Kier molecular flexibility index (Phi) is 6.03. The average Bonchev–Trinajstić information content (AvgIpc) is 2.51. The van der Waals surface area contributed by atoms with Crippen LogP contribution in [0.1, 0.15) is 10.4 Å². The van der Waals surface area contributed by atoms with Gasteiger partial charge in [0.25, 0.3) is 0 Å². The van der Waals surface area contributed by atoms with Crippen LogP contribution in [-0.2, 0) is 10.1 Å². The Bertz CT molecular complexity index is 1010. The number of phenolic OH excluding ortho intramolecular Hbond substituents is 1. The molecule has 2 rings (SSSR count). The van der Waals surface area contributed by atoms with E-state index in [1.54, 1.807) is 45.2 Å². The first-order chi connectivity index (χ1) is 11.9. The highest BCUT2D eigenvalue weighted by Crippen LogP contribution is 2.34. The van der Waals surface area contributed by atoms with E-state index in [1.807, 2.05) is 0 Å². The summed E-state index contributed by atoms with van der Waals surface area (Å²) in [6.45, 7) is 0. The van der Waals surface area contributed by atoms with Gasteiger partial charge in [0.2, 0.25) is 17.4 Å². The quantitative estimate of drug-likeness (QED) is 0.136. The predicted molar refractivity (Wildman–Crippen MR) is 94.6 cm³/mol. The zero-order valence-corrected chi connectivity index (χ0v) is 17.0. The normalized spacial score (nSPS) is 11.5. The van der Waals surface area contributed by atoms with Gasteiger partial charge in [-0.3, -0.25) is 4.55 Å². The van der Waals surface area contributed by atoms with Crippen molar-refractivity contribution in [3.8, 4) is 11.5 Å². The molecule has 140 valence electrons. The van der Waals surface area contributed by atoms with Crippen molar-refractivity contribution in [2.75, 3.05) is 0 Å². The Balaban J connectivity index is 2.60. The lowest BCUT2D eigenvalue weighted by molar-refractivity contribution is 0.0713. The Morgan fingerprint density at radius 2 is 1.50 bits per heavy atom. The topological polar surface area (TPSA) is 101 Å². The van der Waals surface area contributed by atoms with E-state index in [2.05, 4.69) is 4.74 Å². The Labute approximate surface area is 170 Å². The van der Waals surface area contributed by atoms with Gasteiger partial charge >= 0.3 is 16.1 Å². The lowest BCUT2D eigenvalue weighted by atomic mass is 10.2. The van der Waals surface area contributed by atoms with Crippen LogP contribution in [0.2, 0.25) is 0 Å². The summed E-state index contributed by atoms with van der Waals surface area (Å²) >= 11 is 3.41. The number of hydrogen-bond donors (Lipinski definition) is 2. The van der Waals surface area contributed by atoms with Crippen LogP contribution in [0.4, 0.5) is 17.6 Å². The number of rotatable bonds is 3. The van der Waals surface area contributed by atoms with Crippen molar-refractivity contribution in [2.24, 2.45) is 0 Å². The van der Waals surface area contributed by atoms with Crippen LogP contribution in [0, 0.1) is 30.4 Å². The zero-order chi connectivity index (χ0) is 20.0. The van der Waals surface area contributed by atoms with Gasteiger partial charge in [-0.15, -0.1) is 0 Å². The van der Waals surface area contributed by atoms with Gasteiger partial charge in [-0.25, -0.2) is 13.6 Å². The molecule has 2 aromatic rings. The highest BCUT2D eigenvalue weighted by atomic mass is 127. The molecule has 26 heavy (non-hydrogen) atoms. The minimum atomic E-state index is -5.64. The van der Waals surface area contributed by atoms with Crippen molar-refractivity contribution in [1.82, 2.24) is 0 Å². The molecule has 0 saturated carbocycles. The third-order valence-electron chi connectivity index (χ3n) is 2.88. The van der Waals surface area contributed by atoms with Crippen molar-refractivity contribution in [1.29, 1.82) is 0 Å². The van der Waals surface area contributed by atoms with Crippen LogP contribution in [-0.4, -0.2) is 24.0 Å². The second kappa shape index (κ2) is 7.43. The Hall–Kier alpha value is -1.20. The fourth-order valence-electron chi connectivity index (χ4n) is 1.78. The van der Waals surface area contributed by atoms with E-state index >= 15 is 0 Å². The van der Waals surface area contributed by atoms with E-state index in [1.165, 1.54) is 6.07 Å². The van der Waals surface area contributed by atoms with Gasteiger partial charge < -0.3 is 9.84 Å². The molecule has 0 atom stereocenters. The number of esters is 1. The maximum Gasteiger partial charge on any atom is 0.347 e. The summed E-state index contributed by atoms with van der Waals surface area (Å²) in [5.41, 5.74) is -0.556. The lowest BCUT2D eigenvalue weighted by Crippen LogP contribution is -2.16. The molecular weight excluding hydrogens is 614 g/mol. The van der Waals surface area contributed by atoms with E-state index in [4.69, 9.17) is 4.55 Å². The number of halogens is 6. The van der Waals surface area contributed by atoms with Crippen LogP contribution >= 0.6 is 45.2 Å². The van der Waals surface area contributed by atoms with Crippen LogP contribution in [0.15, 0.2) is 17.0 Å². The van der Waals surface area contributed by atoms with Crippen molar-refractivity contribution >= 4 is 61.3 Å². The molecule has 0 bridgehead atoms. The van der Waals surface area contributed by atoms with E-state index in [0.29, 0.717) is 3.57 Å². The monoisotopic (exact) mass is 618 g/mol. The summed E-state index contributed by atoms with van der Waals surface area (Å²) in [5, 5.41) is 9.81. The van der Waals surface area contributed by atoms with Crippen LogP contribution in [0.25, 0.3) is 0 Å². The number of ether oxygens (including phenoxy) is 1. The van der Waals surface area contributed by atoms with Gasteiger partial charge in [0.1, 0.15) is 11.3 Å². The minimum Gasteiger partial charge on any atom is -0.506 e. The number of aromatic hydroxyl groups is 1. The number of benzene rings is 2. The lowest BCUT2D eigenvalue weighted by Gasteiger charge is -2.12. The molecule has 2 aromatic carbocycles. The third kappa shape index (κ3) is 3.89. The van der Waals surface area contributed by atoms with Crippen LogP contribution in [0.5, 0.6) is 11.5 Å². The number of phenols is 1.